The Balaban J connectivity index is 1.73. The standard InChI is InChI=1S/C23H26N2O3/c1-15-6-11-21-20(14-15)19(22(25-21)12-13-24-16(2)26)5-3-4-17-7-9-18(10-8-17)23(27)28/h6-11,14,25H,3-5,12-13H2,1-2H3,(H,24,26)(H,27,28). The molecule has 0 atom stereocenters. The van der Waals surface area contributed by atoms with E-state index in [1.807, 2.05) is 12.1 Å². The van der Waals surface area contributed by atoms with E-state index in [2.05, 4.69) is 35.4 Å². The number of aromatic carboxylic acids is 1. The molecule has 0 fully saturated rings. The van der Waals surface area contributed by atoms with Crippen molar-refractivity contribution in [3.8, 4) is 0 Å². The van der Waals surface area contributed by atoms with E-state index >= 15 is 0 Å². The molecular formula is C23H26N2O3. The lowest BCUT2D eigenvalue weighted by Crippen LogP contribution is -2.22. The number of benzene rings is 2. The van der Waals surface area contributed by atoms with Gasteiger partial charge in [0.25, 0.3) is 0 Å². The summed E-state index contributed by atoms with van der Waals surface area (Å²) < 4.78 is 0. The van der Waals surface area contributed by atoms with Crippen LogP contribution in [-0.2, 0) is 24.1 Å². The number of aromatic amines is 1. The molecule has 0 aliphatic rings. The van der Waals surface area contributed by atoms with Gasteiger partial charge in [-0.15, -0.1) is 0 Å². The van der Waals surface area contributed by atoms with Crippen LogP contribution in [0.3, 0.4) is 0 Å². The molecule has 1 amide bonds. The molecule has 0 aliphatic heterocycles. The molecule has 0 radical (unpaired) electrons. The number of H-pyrrole nitrogens is 1. The lowest BCUT2D eigenvalue weighted by atomic mass is 9.99. The van der Waals surface area contributed by atoms with Gasteiger partial charge in [-0.1, -0.05) is 23.8 Å². The number of carbonyl (C=O) groups is 2. The van der Waals surface area contributed by atoms with E-state index in [9.17, 15) is 9.59 Å². The molecule has 5 heteroatoms. The second kappa shape index (κ2) is 8.74. The third-order valence-corrected chi connectivity index (χ3v) is 4.99. The molecule has 3 N–H and O–H groups in total. The van der Waals surface area contributed by atoms with E-state index in [4.69, 9.17) is 5.11 Å². The molecule has 146 valence electrons. The molecule has 0 aliphatic carbocycles. The predicted molar refractivity (Wildman–Crippen MR) is 111 cm³/mol. The third-order valence-electron chi connectivity index (χ3n) is 4.99. The first-order chi connectivity index (χ1) is 13.4. The maximum atomic E-state index is 11.2. The van der Waals surface area contributed by atoms with E-state index in [0.29, 0.717) is 12.1 Å². The number of carboxylic acid groups (broad SMARTS) is 1. The quantitative estimate of drug-likeness (QED) is 0.553. The highest BCUT2D eigenvalue weighted by atomic mass is 16.4. The molecule has 0 saturated carbocycles. The lowest BCUT2D eigenvalue weighted by Gasteiger charge is -2.07. The van der Waals surface area contributed by atoms with Gasteiger partial charge in [-0.25, -0.2) is 4.79 Å². The number of carbonyl (C=O) groups excluding carboxylic acids is 1. The Morgan fingerprint density at radius 1 is 1.04 bits per heavy atom. The van der Waals surface area contributed by atoms with Gasteiger partial charge in [-0.05, 0) is 61.6 Å². The summed E-state index contributed by atoms with van der Waals surface area (Å²) in [6, 6.07) is 13.5. The van der Waals surface area contributed by atoms with E-state index < -0.39 is 5.97 Å². The van der Waals surface area contributed by atoms with Crippen LogP contribution in [0.5, 0.6) is 0 Å². The van der Waals surface area contributed by atoms with E-state index in [0.717, 1.165) is 36.8 Å². The van der Waals surface area contributed by atoms with Gasteiger partial charge in [0, 0.05) is 36.5 Å². The smallest absolute Gasteiger partial charge is 0.335 e. The summed E-state index contributed by atoms with van der Waals surface area (Å²) in [6.45, 7) is 4.24. The molecule has 3 aromatic rings. The Hall–Kier alpha value is -3.08. The number of aromatic nitrogens is 1. The van der Waals surface area contributed by atoms with Crippen LogP contribution in [0.1, 0.15) is 46.1 Å². The van der Waals surface area contributed by atoms with E-state index in [-0.39, 0.29) is 5.91 Å². The zero-order chi connectivity index (χ0) is 20.1. The molecule has 0 saturated heterocycles. The molecule has 1 heterocycles. The highest BCUT2D eigenvalue weighted by molar-refractivity contribution is 5.87. The molecule has 28 heavy (non-hydrogen) atoms. The fourth-order valence-corrected chi connectivity index (χ4v) is 3.56. The highest BCUT2D eigenvalue weighted by Crippen LogP contribution is 2.26. The average Bonchev–Trinajstić information content (AvgIpc) is 2.99. The van der Waals surface area contributed by atoms with Crippen molar-refractivity contribution in [1.82, 2.24) is 10.3 Å². The van der Waals surface area contributed by atoms with Gasteiger partial charge in [-0.2, -0.15) is 0 Å². The normalized spacial score (nSPS) is 10.9. The van der Waals surface area contributed by atoms with E-state index in [1.54, 1.807) is 12.1 Å². The fraction of sp³-hybridized carbons (Fsp3) is 0.304. The summed E-state index contributed by atoms with van der Waals surface area (Å²) in [4.78, 5) is 25.7. The van der Waals surface area contributed by atoms with Crippen molar-refractivity contribution < 1.29 is 14.7 Å². The maximum Gasteiger partial charge on any atom is 0.335 e. The number of hydrogen-bond acceptors (Lipinski definition) is 2. The first-order valence-electron chi connectivity index (χ1n) is 9.61. The first kappa shape index (κ1) is 19.7. The van der Waals surface area contributed by atoms with Crippen molar-refractivity contribution in [1.29, 1.82) is 0 Å². The third kappa shape index (κ3) is 4.80. The van der Waals surface area contributed by atoms with Gasteiger partial charge in [-0.3, -0.25) is 4.79 Å². The monoisotopic (exact) mass is 378 g/mol. The first-order valence-corrected chi connectivity index (χ1v) is 9.61. The summed E-state index contributed by atoms with van der Waals surface area (Å²) >= 11 is 0. The van der Waals surface area contributed by atoms with Crippen LogP contribution >= 0.6 is 0 Å². The summed E-state index contributed by atoms with van der Waals surface area (Å²) in [5.74, 6) is -0.914. The van der Waals surface area contributed by atoms with Crippen LogP contribution < -0.4 is 5.32 Å². The molecule has 5 nitrogen and oxygen atoms in total. The Kier molecular flexibility index (Phi) is 6.14. The van der Waals surface area contributed by atoms with Crippen LogP contribution in [0.4, 0.5) is 0 Å². The number of aryl methyl sites for hydroxylation is 3. The van der Waals surface area contributed by atoms with Gasteiger partial charge in [0.1, 0.15) is 0 Å². The Morgan fingerprint density at radius 2 is 1.79 bits per heavy atom. The topological polar surface area (TPSA) is 82.2 Å². The van der Waals surface area contributed by atoms with Gasteiger partial charge >= 0.3 is 5.97 Å². The number of carboxylic acids is 1. The van der Waals surface area contributed by atoms with Crippen LogP contribution in [-0.4, -0.2) is 28.5 Å². The van der Waals surface area contributed by atoms with Crippen molar-refractivity contribution in [2.45, 2.75) is 39.5 Å². The second-order valence-corrected chi connectivity index (χ2v) is 7.22. The highest BCUT2D eigenvalue weighted by Gasteiger charge is 2.12. The SMILES string of the molecule is CC(=O)NCCc1[nH]c2ccc(C)cc2c1CCCc1ccc(C(=O)O)cc1. The van der Waals surface area contributed by atoms with E-state index in [1.165, 1.54) is 29.1 Å². The molecule has 2 aromatic carbocycles. The van der Waals surface area contributed by atoms with Gasteiger partial charge in [0.2, 0.25) is 5.91 Å². The zero-order valence-electron chi connectivity index (χ0n) is 16.3. The number of nitrogens with one attached hydrogen (secondary N) is 2. The van der Waals surface area contributed by atoms with Crippen LogP contribution in [0.2, 0.25) is 0 Å². The summed E-state index contributed by atoms with van der Waals surface area (Å²) in [6.07, 6.45) is 3.57. The minimum absolute atomic E-state index is 0.0155. The fourth-order valence-electron chi connectivity index (χ4n) is 3.56. The Morgan fingerprint density at radius 3 is 2.46 bits per heavy atom. The minimum Gasteiger partial charge on any atom is -0.478 e. The minimum atomic E-state index is -0.899. The van der Waals surface area contributed by atoms with Crippen molar-refractivity contribution in [3.63, 3.8) is 0 Å². The van der Waals surface area contributed by atoms with Crippen molar-refractivity contribution in [2.24, 2.45) is 0 Å². The molecule has 1 aromatic heterocycles. The largest absolute Gasteiger partial charge is 0.478 e. The van der Waals surface area contributed by atoms with Gasteiger partial charge in [0.15, 0.2) is 0 Å². The molecule has 3 rings (SSSR count). The average molecular weight is 378 g/mol. The predicted octanol–water partition coefficient (Wildman–Crippen LogP) is 4.03. The van der Waals surface area contributed by atoms with Gasteiger partial charge in [0.05, 0.1) is 5.56 Å². The van der Waals surface area contributed by atoms with Crippen LogP contribution in [0, 0.1) is 6.92 Å². The molecular weight excluding hydrogens is 352 g/mol. The summed E-state index contributed by atoms with van der Waals surface area (Å²) in [5, 5.41) is 13.1. The zero-order valence-corrected chi connectivity index (χ0v) is 16.3. The maximum absolute atomic E-state index is 11.2. The molecule has 0 bridgehead atoms. The van der Waals surface area contributed by atoms with Crippen molar-refractivity contribution in [3.05, 3.63) is 70.4 Å². The van der Waals surface area contributed by atoms with Crippen LogP contribution in [0.15, 0.2) is 42.5 Å². The Bertz CT molecular complexity index is 987. The molecule has 0 spiro atoms. The lowest BCUT2D eigenvalue weighted by molar-refractivity contribution is -0.118. The number of fused-ring (bicyclic) bond motifs is 1. The summed E-state index contributed by atoms with van der Waals surface area (Å²) in [7, 11) is 0. The Labute approximate surface area is 164 Å². The van der Waals surface area contributed by atoms with Crippen molar-refractivity contribution in [2.75, 3.05) is 6.54 Å². The number of rotatable bonds is 8. The molecule has 0 unspecified atom stereocenters. The number of hydrogen-bond donors (Lipinski definition) is 3. The summed E-state index contributed by atoms with van der Waals surface area (Å²) in [5.41, 5.74) is 6.30. The second-order valence-electron chi connectivity index (χ2n) is 7.22. The van der Waals surface area contributed by atoms with Crippen LogP contribution in [0.25, 0.3) is 10.9 Å². The van der Waals surface area contributed by atoms with Crippen molar-refractivity contribution >= 4 is 22.8 Å². The number of amides is 1. The van der Waals surface area contributed by atoms with Gasteiger partial charge < -0.3 is 15.4 Å².